The zero-order valence-electron chi connectivity index (χ0n) is 21.2. The number of piperidine rings is 1. The molecule has 0 aliphatic carbocycles. The smallest absolute Gasteiger partial charge is 0.305 e. The van der Waals surface area contributed by atoms with Crippen LogP contribution in [0.1, 0.15) is 47.0 Å². The van der Waals surface area contributed by atoms with Crippen molar-refractivity contribution in [2.24, 2.45) is 11.3 Å². The summed E-state index contributed by atoms with van der Waals surface area (Å²) >= 11 is 0. The molecular weight excluding hydrogens is 447 g/mol. The van der Waals surface area contributed by atoms with E-state index in [1.165, 1.54) is 6.07 Å². The number of carbonyl (C=O) groups is 1. The van der Waals surface area contributed by atoms with E-state index in [4.69, 9.17) is 9.47 Å². The van der Waals surface area contributed by atoms with Gasteiger partial charge in [-0.05, 0) is 55.2 Å². The van der Waals surface area contributed by atoms with Gasteiger partial charge in [0, 0.05) is 49.8 Å². The summed E-state index contributed by atoms with van der Waals surface area (Å²) in [6, 6.07) is 12.9. The van der Waals surface area contributed by atoms with E-state index in [0.29, 0.717) is 31.1 Å². The number of carboxylic acid groups (broad SMARTS) is 1. The van der Waals surface area contributed by atoms with E-state index < -0.39 is 5.97 Å². The summed E-state index contributed by atoms with van der Waals surface area (Å²) < 4.78 is 26.4. The van der Waals surface area contributed by atoms with Crippen LogP contribution in [0, 0.1) is 17.2 Å². The molecule has 2 aliphatic heterocycles. The molecule has 2 fully saturated rings. The molecule has 2 heterocycles. The van der Waals surface area contributed by atoms with Gasteiger partial charge in [0.25, 0.3) is 0 Å². The summed E-state index contributed by atoms with van der Waals surface area (Å²) in [6.45, 7) is 11.2. The third-order valence-corrected chi connectivity index (χ3v) is 7.09. The number of ether oxygens (including phenoxy) is 2. The van der Waals surface area contributed by atoms with Crippen molar-refractivity contribution in [2.75, 3.05) is 36.0 Å². The molecule has 2 saturated heterocycles. The number of carboxylic acids is 1. The zero-order chi connectivity index (χ0) is 25.2. The van der Waals surface area contributed by atoms with Crippen molar-refractivity contribution in [2.45, 2.75) is 59.1 Å². The molecule has 0 spiro atoms. The Morgan fingerprint density at radius 1 is 1.17 bits per heavy atom. The predicted molar refractivity (Wildman–Crippen MR) is 136 cm³/mol. The summed E-state index contributed by atoms with van der Waals surface area (Å²) in [5, 5.41) is 9.33. The van der Waals surface area contributed by atoms with Crippen LogP contribution in [-0.2, 0) is 4.79 Å². The van der Waals surface area contributed by atoms with E-state index in [-0.39, 0.29) is 35.7 Å². The van der Waals surface area contributed by atoms with Crippen molar-refractivity contribution in [3.05, 3.63) is 48.3 Å². The largest absolute Gasteiger partial charge is 0.494 e. The van der Waals surface area contributed by atoms with Gasteiger partial charge in [0.1, 0.15) is 23.4 Å². The second-order valence-electron chi connectivity index (χ2n) is 10.7. The molecule has 190 valence electrons. The highest BCUT2D eigenvalue weighted by molar-refractivity contribution is 5.69. The van der Waals surface area contributed by atoms with Crippen molar-refractivity contribution in [3.63, 3.8) is 0 Å². The van der Waals surface area contributed by atoms with Crippen molar-refractivity contribution >= 4 is 17.3 Å². The van der Waals surface area contributed by atoms with Crippen LogP contribution in [0.3, 0.4) is 0 Å². The molecule has 2 unspecified atom stereocenters. The Kier molecular flexibility index (Phi) is 7.43. The van der Waals surface area contributed by atoms with Crippen LogP contribution in [0.15, 0.2) is 42.5 Å². The predicted octanol–water partition coefficient (Wildman–Crippen LogP) is 5.60. The van der Waals surface area contributed by atoms with E-state index in [0.717, 1.165) is 30.8 Å². The minimum Gasteiger partial charge on any atom is -0.494 e. The lowest BCUT2D eigenvalue weighted by Gasteiger charge is -2.38. The average Bonchev–Trinajstić information content (AvgIpc) is 3.10. The molecule has 0 amide bonds. The lowest BCUT2D eigenvalue weighted by Crippen LogP contribution is -2.44. The Morgan fingerprint density at radius 2 is 1.89 bits per heavy atom. The Balaban J connectivity index is 1.38. The second kappa shape index (κ2) is 10.3. The number of halogens is 1. The van der Waals surface area contributed by atoms with Crippen LogP contribution < -0.4 is 19.3 Å². The highest BCUT2D eigenvalue weighted by Crippen LogP contribution is 2.39. The number of hydrogen-bond acceptors (Lipinski definition) is 5. The number of anilines is 2. The SMILES string of the molecule is CCOc1ccc(F)c(N2CCC(Oc3ccc(N4CC(C)(C)C[C@@H]4CC(=O)O)cc3)C(C)C2)c1. The van der Waals surface area contributed by atoms with Gasteiger partial charge in [-0.2, -0.15) is 0 Å². The lowest BCUT2D eigenvalue weighted by atomic mass is 9.90. The third-order valence-electron chi connectivity index (χ3n) is 7.09. The van der Waals surface area contributed by atoms with Gasteiger partial charge in [0.05, 0.1) is 18.7 Å². The van der Waals surface area contributed by atoms with Crippen LogP contribution in [-0.4, -0.2) is 49.5 Å². The molecule has 4 rings (SSSR count). The maximum Gasteiger partial charge on any atom is 0.305 e. The van der Waals surface area contributed by atoms with Crippen molar-refractivity contribution in [1.29, 1.82) is 0 Å². The third kappa shape index (κ3) is 6.00. The van der Waals surface area contributed by atoms with Crippen molar-refractivity contribution < 1.29 is 23.8 Å². The van der Waals surface area contributed by atoms with Gasteiger partial charge < -0.3 is 24.4 Å². The fourth-order valence-corrected chi connectivity index (χ4v) is 5.49. The van der Waals surface area contributed by atoms with Crippen LogP contribution in [0.2, 0.25) is 0 Å². The molecule has 0 radical (unpaired) electrons. The van der Waals surface area contributed by atoms with Crippen LogP contribution in [0.4, 0.5) is 15.8 Å². The Labute approximate surface area is 207 Å². The molecule has 3 atom stereocenters. The van der Waals surface area contributed by atoms with Gasteiger partial charge in [-0.25, -0.2) is 4.39 Å². The van der Waals surface area contributed by atoms with Crippen molar-refractivity contribution in [3.8, 4) is 11.5 Å². The van der Waals surface area contributed by atoms with Gasteiger partial charge in [0.15, 0.2) is 0 Å². The quantitative estimate of drug-likeness (QED) is 0.526. The second-order valence-corrected chi connectivity index (χ2v) is 10.7. The molecule has 2 aromatic carbocycles. The number of rotatable bonds is 8. The topological polar surface area (TPSA) is 62.2 Å². The van der Waals surface area contributed by atoms with E-state index >= 15 is 0 Å². The van der Waals surface area contributed by atoms with Gasteiger partial charge >= 0.3 is 5.97 Å². The minimum atomic E-state index is -0.762. The maximum absolute atomic E-state index is 14.5. The molecule has 2 aromatic rings. The average molecular weight is 485 g/mol. The van der Waals surface area contributed by atoms with Crippen LogP contribution in [0.5, 0.6) is 11.5 Å². The van der Waals surface area contributed by atoms with Gasteiger partial charge in [-0.3, -0.25) is 4.79 Å². The number of aliphatic carboxylic acids is 1. The maximum atomic E-state index is 14.5. The summed E-state index contributed by atoms with van der Waals surface area (Å²) in [5.41, 5.74) is 1.69. The molecule has 0 aromatic heterocycles. The summed E-state index contributed by atoms with van der Waals surface area (Å²) in [7, 11) is 0. The first-order chi connectivity index (χ1) is 16.6. The van der Waals surface area contributed by atoms with E-state index in [1.807, 2.05) is 31.2 Å². The number of nitrogens with zero attached hydrogens (tertiary/aromatic N) is 2. The summed E-state index contributed by atoms with van der Waals surface area (Å²) in [4.78, 5) is 15.6. The first-order valence-electron chi connectivity index (χ1n) is 12.6. The first-order valence-corrected chi connectivity index (χ1v) is 12.6. The fourth-order valence-electron chi connectivity index (χ4n) is 5.49. The first kappa shape index (κ1) is 25.1. The molecule has 35 heavy (non-hydrogen) atoms. The van der Waals surface area contributed by atoms with Crippen LogP contribution >= 0.6 is 0 Å². The normalized spacial score (nSPS) is 23.9. The van der Waals surface area contributed by atoms with E-state index in [2.05, 4.69) is 30.6 Å². The van der Waals surface area contributed by atoms with E-state index in [1.54, 1.807) is 12.1 Å². The van der Waals surface area contributed by atoms with Crippen LogP contribution in [0.25, 0.3) is 0 Å². The Hall–Kier alpha value is -2.96. The van der Waals surface area contributed by atoms with Gasteiger partial charge in [0.2, 0.25) is 0 Å². The van der Waals surface area contributed by atoms with Gasteiger partial charge in [-0.15, -0.1) is 0 Å². The number of hydrogen-bond donors (Lipinski definition) is 1. The highest BCUT2D eigenvalue weighted by Gasteiger charge is 2.38. The molecule has 6 nitrogen and oxygen atoms in total. The standard InChI is InChI=1S/C28H37FN2O4/c1-5-34-23-10-11-24(29)25(15-23)30-13-12-26(19(2)17-30)35-22-8-6-20(7-9-22)31-18-28(3,4)16-21(31)14-27(32)33/h6-11,15,19,21,26H,5,12-14,16-18H2,1-4H3,(H,32,33)/t19?,21-,26?/m0/s1. The fraction of sp³-hybridized carbons (Fsp3) is 0.536. The van der Waals surface area contributed by atoms with Gasteiger partial charge in [-0.1, -0.05) is 20.8 Å². The molecule has 0 bridgehead atoms. The highest BCUT2D eigenvalue weighted by atomic mass is 19.1. The van der Waals surface area contributed by atoms with Crippen molar-refractivity contribution in [1.82, 2.24) is 0 Å². The minimum absolute atomic E-state index is 0.000224. The Bertz CT molecular complexity index is 1030. The molecular formula is C28H37FN2O4. The molecule has 1 N–H and O–H groups in total. The summed E-state index contributed by atoms with van der Waals surface area (Å²) in [6.07, 6.45) is 1.84. The molecule has 0 saturated carbocycles. The van der Waals surface area contributed by atoms with E-state index in [9.17, 15) is 14.3 Å². The molecule has 2 aliphatic rings. The lowest BCUT2D eigenvalue weighted by molar-refractivity contribution is -0.137. The molecule has 7 heteroatoms. The number of benzene rings is 2. The monoisotopic (exact) mass is 484 g/mol. The zero-order valence-corrected chi connectivity index (χ0v) is 21.2. The summed E-state index contributed by atoms with van der Waals surface area (Å²) in [5.74, 6) is 0.709. The Morgan fingerprint density at radius 3 is 2.54 bits per heavy atom.